The second kappa shape index (κ2) is 5.22. The van der Waals surface area contributed by atoms with Crippen LogP contribution in [0, 0.1) is 15.9 Å². The van der Waals surface area contributed by atoms with E-state index in [-0.39, 0.29) is 6.04 Å². The van der Waals surface area contributed by atoms with E-state index in [1.807, 2.05) is 24.3 Å². The number of nitrogens with two attached hydrogens (primary N) is 1. The van der Waals surface area contributed by atoms with Crippen LogP contribution in [0.1, 0.15) is 18.0 Å². The highest BCUT2D eigenvalue weighted by atomic mass is 127. The Morgan fingerprint density at radius 3 is 2.77 bits per heavy atom. The number of nitrogens with one attached hydrogen (secondary N) is 1. The van der Waals surface area contributed by atoms with Crippen LogP contribution < -0.4 is 11.3 Å². The van der Waals surface area contributed by atoms with Crippen LogP contribution in [0.3, 0.4) is 0 Å². The van der Waals surface area contributed by atoms with Crippen LogP contribution in [0.5, 0.6) is 0 Å². The van der Waals surface area contributed by atoms with E-state index < -0.39 is 0 Å². The smallest absolute Gasteiger partial charge is 0.0579 e. The van der Waals surface area contributed by atoms with Gasteiger partial charge in [0.1, 0.15) is 0 Å². The molecular formula is C10H11IN2. The number of hydrogen-bond donors (Lipinski definition) is 2. The first-order valence-corrected chi connectivity index (χ1v) is 5.01. The molecule has 0 aliphatic rings. The summed E-state index contributed by atoms with van der Waals surface area (Å²) in [6.07, 6.45) is 5.85. The average Bonchev–Trinajstić information content (AvgIpc) is 2.16. The van der Waals surface area contributed by atoms with Gasteiger partial charge in [0.15, 0.2) is 0 Å². The lowest BCUT2D eigenvalue weighted by Crippen LogP contribution is -2.28. The summed E-state index contributed by atoms with van der Waals surface area (Å²) in [5.41, 5.74) is 3.87. The van der Waals surface area contributed by atoms with Gasteiger partial charge in [0.05, 0.1) is 6.04 Å². The van der Waals surface area contributed by atoms with Crippen LogP contribution in [0.2, 0.25) is 0 Å². The molecule has 0 spiro atoms. The molecule has 0 aliphatic heterocycles. The summed E-state index contributed by atoms with van der Waals surface area (Å²) in [6, 6.07) is 8.10. The molecule has 0 heterocycles. The Kier molecular flexibility index (Phi) is 4.22. The predicted octanol–water partition coefficient (Wildman–Crippen LogP) is 1.82. The molecule has 0 bridgehead atoms. The van der Waals surface area contributed by atoms with E-state index in [1.165, 1.54) is 3.57 Å². The van der Waals surface area contributed by atoms with Crippen molar-refractivity contribution in [2.45, 2.75) is 12.5 Å². The Labute approximate surface area is 92.0 Å². The third-order valence-electron chi connectivity index (χ3n) is 1.80. The minimum Gasteiger partial charge on any atom is -0.271 e. The number of hydrogen-bond acceptors (Lipinski definition) is 2. The summed E-state index contributed by atoms with van der Waals surface area (Å²) in [5.74, 6) is 8.01. The average molecular weight is 286 g/mol. The molecule has 0 aliphatic carbocycles. The van der Waals surface area contributed by atoms with Crippen molar-refractivity contribution in [3.05, 3.63) is 33.4 Å². The molecule has 0 saturated heterocycles. The molecule has 1 unspecified atom stereocenters. The highest BCUT2D eigenvalue weighted by Gasteiger charge is 2.10. The van der Waals surface area contributed by atoms with E-state index in [9.17, 15) is 0 Å². The van der Waals surface area contributed by atoms with Crippen molar-refractivity contribution in [1.29, 1.82) is 0 Å². The van der Waals surface area contributed by atoms with Crippen molar-refractivity contribution in [2.75, 3.05) is 0 Å². The molecular weight excluding hydrogens is 275 g/mol. The molecule has 68 valence electrons. The van der Waals surface area contributed by atoms with Crippen molar-refractivity contribution in [3.63, 3.8) is 0 Å². The maximum Gasteiger partial charge on any atom is 0.0579 e. The van der Waals surface area contributed by atoms with Gasteiger partial charge in [-0.25, -0.2) is 0 Å². The number of halogens is 1. The molecule has 0 saturated carbocycles. The van der Waals surface area contributed by atoms with E-state index in [2.05, 4.69) is 33.9 Å². The Morgan fingerprint density at radius 2 is 2.23 bits per heavy atom. The van der Waals surface area contributed by atoms with E-state index >= 15 is 0 Å². The van der Waals surface area contributed by atoms with Crippen molar-refractivity contribution >= 4 is 22.6 Å². The lowest BCUT2D eigenvalue weighted by atomic mass is 10.1. The summed E-state index contributed by atoms with van der Waals surface area (Å²) in [6.45, 7) is 0. The van der Waals surface area contributed by atoms with Crippen molar-refractivity contribution < 1.29 is 0 Å². The summed E-state index contributed by atoms with van der Waals surface area (Å²) >= 11 is 2.27. The molecule has 1 aromatic rings. The first-order chi connectivity index (χ1) is 6.29. The number of benzene rings is 1. The number of rotatable bonds is 3. The fourth-order valence-corrected chi connectivity index (χ4v) is 1.90. The molecule has 0 fully saturated rings. The predicted molar refractivity (Wildman–Crippen MR) is 62.7 cm³/mol. The van der Waals surface area contributed by atoms with Crippen LogP contribution in [0.4, 0.5) is 0 Å². The fourth-order valence-electron chi connectivity index (χ4n) is 1.13. The highest BCUT2D eigenvalue weighted by molar-refractivity contribution is 14.1. The van der Waals surface area contributed by atoms with E-state index in [0.717, 1.165) is 5.56 Å². The van der Waals surface area contributed by atoms with E-state index in [4.69, 9.17) is 12.3 Å². The zero-order chi connectivity index (χ0) is 9.68. The summed E-state index contributed by atoms with van der Waals surface area (Å²) in [5, 5.41) is 0. The summed E-state index contributed by atoms with van der Waals surface area (Å²) in [7, 11) is 0. The van der Waals surface area contributed by atoms with Gasteiger partial charge in [0.25, 0.3) is 0 Å². The molecule has 3 N–H and O–H groups in total. The number of hydrazine groups is 1. The third kappa shape index (κ3) is 2.69. The fraction of sp³-hybridized carbons (Fsp3) is 0.200. The maximum atomic E-state index is 5.41. The monoisotopic (exact) mass is 286 g/mol. The van der Waals surface area contributed by atoms with Gasteiger partial charge in [0.2, 0.25) is 0 Å². The first kappa shape index (κ1) is 10.5. The molecule has 2 nitrogen and oxygen atoms in total. The van der Waals surface area contributed by atoms with Gasteiger partial charge in [-0.2, -0.15) is 0 Å². The molecule has 0 amide bonds. The molecule has 1 rings (SSSR count). The quantitative estimate of drug-likeness (QED) is 0.385. The van der Waals surface area contributed by atoms with Crippen molar-refractivity contribution in [3.8, 4) is 12.3 Å². The Morgan fingerprint density at radius 1 is 1.54 bits per heavy atom. The standard InChI is InChI=1S/C10H11IN2/c1-2-5-10(13-12)8-6-3-4-7-9(8)11/h1,3-4,6-7,10,13H,5,12H2. The lowest BCUT2D eigenvalue weighted by molar-refractivity contribution is 0.566. The zero-order valence-corrected chi connectivity index (χ0v) is 9.28. The van der Waals surface area contributed by atoms with E-state index in [0.29, 0.717) is 6.42 Å². The largest absolute Gasteiger partial charge is 0.271 e. The van der Waals surface area contributed by atoms with Gasteiger partial charge in [-0.1, -0.05) is 18.2 Å². The molecule has 0 aromatic heterocycles. The van der Waals surface area contributed by atoms with E-state index in [1.54, 1.807) is 0 Å². The molecule has 3 heteroatoms. The topological polar surface area (TPSA) is 38.0 Å². The molecule has 13 heavy (non-hydrogen) atoms. The van der Waals surface area contributed by atoms with Crippen LogP contribution in [0.15, 0.2) is 24.3 Å². The minimum absolute atomic E-state index is 0.0538. The zero-order valence-electron chi connectivity index (χ0n) is 7.13. The van der Waals surface area contributed by atoms with Gasteiger partial charge in [-0.15, -0.1) is 12.3 Å². The minimum atomic E-state index is 0.0538. The lowest BCUT2D eigenvalue weighted by Gasteiger charge is -2.14. The number of terminal acetylenes is 1. The molecule has 1 aromatic carbocycles. The van der Waals surface area contributed by atoms with Crippen molar-refractivity contribution in [1.82, 2.24) is 5.43 Å². The van der Waals surface area contributed by atoms with Crippen LogP contribution >= 0.6 is 22.6 Å². The van der Waals surface area contributed by atoms with Crippen molar-refractivity contribution in [2.24, 2.45) is 5.84 Å². The maximum absolute atomic E-state index is 5.41. The van der Waals surface area contributed by atoms with Gasteiger partial charge in [0, 0.05) is 9.99 Å². The Balaban J connectivity index is 2.92. The van der Waals surface area contributed by atoms with Crippen LogP contribution in [-0.2, 0) is 0 Å². The SMILES string of the molecule is C#CCC(NN)c1ccccc1I. The second-order valence-electron chi connectivity index (χ2n) is 2.65. The Hall–Kier alpha value is -0.570. The molecule has 1 atom stereocenters. The third-order valence-corrected chi connectivity index (χ3v) is 2.79. The normalized spacial score (nSPS) is 12.1. The summed E-state index contributed by atoms with van der Waals surface area (Å²) in [4.78, 5) is 0. The second-order valence-corrected chi connectivity index (χ2v) is 3.81. The Bertz CT molecular complexity index is 317. The van der Waals surface area contributed by atoms with Gasteiger partial charge < -0.3 is 0 Å². The van der Waals surface area contributed by atoms with Gasteiger partial charge in [-0.3, -0.25) is 11.3 Å². The van der Waals surface area contributed by atoms with Crippen LogP contribution in [-0.4, -0.2) is 0 Å². The highest BCUT2D eigenvalue weighted by Crippen LogP contribution is 2.21. The van der Waals surface area contributed by atoms with Gasteiger partial charge in [-0.05, 0) is 34.2 Å². The summed E-state index contributed by atoms with van der Waals surface area (Å²) < 4.78 is 1.18. The molecule has 0 radical (unpaired) electrons. The van der Waals surface area contributed by atoms with Crippen LogP contribution in [0.25, 0.3) is 0 Å². The first-order valence-electron chi connectivity index (χ1n) is 3.93. The van der Waals surface area contributed by atoms with Gasteiger partial charge >= 0.3 is 0 Å².